The smallest absolute Gasteiger partial charge is 0.350 e. The molecule has 204 valence electrons. The molecule has 0 spiro atoms. The molecular formula is C25H24F4N8O2. The van der Waals surface area contributed by atoms with Crippen molar-refractivity contribution in [1.29, 1.82) is 0 Å². The minimum Gasteiger partial charge on any atom is -0.350 e. The number of hydrogen-bond acceptors (Lipinski definition) is 8. The first-order valence-corrected chi connectivity index (χ1v) is 12.1. The van der Waals surface area contributed by atoms with Gasteiger partial charge in [0, 0.05) is 36.1 Å². The van der Waals surface area contributed by atoms with Crippen LogP contribution in [0.15, 0.2) is 41.2 Å². The summed E-state index contributed by atoms with van der Waals surface area (Å²) in [4.78, 5) is 27.0. The van der Waals surface area contributed by atoms with Crippen molar-refractivity contribution in [3.05, 3.63) is 65.4 Å². The number of alkyl halides is 3. The van der Waals surface area contributed by atoms with Gasteiger partial charge in [0.25, 0.3) is 5.91 Å². The van der Waals surface area contributed by atoms with Crippen molar-refractivity contribution in [3.63, 3.8) is 0 Å². The number of carbonyl (C=O) groups is 1. The molecule has 14 heteroatoms. The molecule has 0 bridgehead atoms. The second-order valence-corrected chi connectivity index (χ2v) is 9.73. The second-order valence-electron chi connectivity index (χ2n) is 9.73. The minimum atomic E-state index is -4.54. The van der Waals surface area contributed by atoms with Gasteiger partial charge in [-0.1, -0.05) is 17.3 Å². The number of amides is 1. The van der Waals surface area contributed by atoms with E-state index in [-0.39, 0.29) is 35.5 Å². The molecule has 2 N–H and O–H groups in total. The first-order chi connectivity index (χ1) is 18.5. The number of nitrogens with one attached hydrogen (secondary N) is 2. The quantitative estimate of drug-likeness (QED) is 0.319. The molecule has 0 aliphatic carbocycles. The third-order valence-electron chi connectivity index (χ3n) is 6.53. The number of hydrogen-bond donors (Lipinski definition) is 2. The molecule has 0 unspecified atom stereocenters. The Morgan fingerprint density at radius 1 is 1.15 bits per heavy atom. The fourth-order valence-electron chi connectivity index (χ4n) is 3.81. The number of aromatic amines is 1. The Kier molecular flexibility index (Phi) is 6.89. The van der Waals surface area contributed by atoms with Gasteiger partial charge in [0.15, 0.2) is 17.3 Å². The zero-order valence-electron chi connectivity index (χ0n) is 21.0. The summed E-state index contributed by atoms with van der Waals surface area (Å²) in [5.74, 6) is -1.47. The zero-order chi connectivity index (χ0) is 27.8. The van der Waals surface area contributed by atoms with Crippen LogP contribution in [0.5, 0.6) is 0 Å². The number of aromatic nitrogens is 6. The van der Waals surface area contributed by atoms with Crippen LogP contribution >= 0.6 is 0 Å². The van der Waals surface area contributed by atoms with E-state index < -0.39 is 23.3 Å². The first kappa shape index (κ1) is 26.4. The molecule has 10 nitrogen and oxygen atoms in total. The highest BCUT2D eigenvalue weighted by molar-refractivity contribution is 5.92. The summed E-state index contributed by atoms with van der Waals surface area (Å²) in [6, 6.07) is 6.40. The molecule has 4 aromatic rings. The van der Waals surface area contributed by atoms with Crippen molar-refractivity contribution < 1.29 is 26.9 Å². The van der Waals surface area contributed by atoms with E-state index >= 15 is 0 Å². The highest BCUT2D eigenvalue weighted by Crippen LogP contribution is 2.38. The summed E-state index contributed by atoms with van der Waals surface area (Å²) in [5, 5.41) is 12.3. The Morgan fingerprint density at radius 2 is 1.90 bits per heavy atom. The molecule has 39 heavy (non-hydrogen) atoms. The Bertz CT molecular complexity index is 1480. The van der Waals surface area contributed by atoms with Crippen molar-refractivity contribution in [2.24, 2.45) is 0 Å². The van der Waals surface area contributed by atoms with Crippen LogP contribution < -0.4 is 5.32 Å². The number of likely N-dealkylation sites (tertiary alicyclic amines) is 1. The lowest BCUT2D eigenvalue weighted by Crippen LogP contribution is -2.37. The van der Waals surface area contributed by atoms with Gasteiger partial charge in [0.05, 0.1) is 6.54 Å². The number of carbonyl (C=O) groups excluding carboxylic acids is 1. The van der Waals surface area contributed by atoms with Crippen LogP contribution in [0.4, 0.5) is 17.6 Å². The third kappa shape index (κ3) is 5.50. The van der Waals surface area contributed by atoms with E-state index in [9.17, 15) is 22.4 Å². The van der Waals surface area contributed by atoms with Gasteiger partial charge in [0.1, 0.15) is 17.1 Å². The van der Waals surface area contributed by atoms with Crippen molar-refractivity contribution in [1.82, 2.24) is 40.5 Å². The molecule has 1 fully saturated rings. The van der Waals surface area contributed by atoms with Crippen LogP contribution in [-0.4, -0.2) is 60.4 Å². The average molecular weight is 545 g/mol. The molecule has 0 radical (unpaired) electrons. The summed E-state index contributed by atoms with van der Waals surface area (Å²) in [5.41, 5.74) is -0.345. The summed E-state index contributed by atoms with van der Waals surface area (Å²) >= 11 is 0. The van der Waals surface area contributed by atoms with Crippen LogP contribution in [0.25, 0.3) is 22.6 Å². The Hall–Kier alpha value is -4.20. The lowest BCUT2D eigenvalue weighted by Gasteiger charge is -2.30. The van der Waals surface area contributed by atoms with Crippen LogP contribution in [0, 0.1) is 5.82 Å². The van der Waals surface area contributed by atoms with Crippen molar-refractivity contribution in [2.45, 2.75) is 44.9 Å². The van der Waals surface area contributed by atoms with E-state index in [0.29, 0.717) is 17.7 Å². The maximum absolute atomic E-state index is 14.7. The Labute approximate surface area is 219 Å². The molecule has 1 saturated heterocycles. The van der Waals surface area contributed by atoms with Gasteiger partial charge in [-0.3, -0.25) is 14.8 Å². The molecule has 0 atom stereocenters. The molecule has 1 amide bonds. The number of H-pyrrole nitrogens is 1. The zero-order valence-corrected chi connectivity index (χ0v) is 21.0. The van der Waals surface area contributed by atoms with Crippen molar-refractivity contribution >= 4 is 5.91 Å². The van der Waals surface area contributed by atoms with Crippen LogP contribution in [0.2, 0.25) is 0 Å². The number of benzene rings is 1. The first-order valence-electron chi connectivity index (χ1n) is 12.1. The van der Waals surface area contributed by atoms with E-state index in [0.717, 1.165) is 32.5 Å². The molecule has 1 aliphatic heterocycles. The topological polar surface area (TPSA) is 126 Å². The van der Waals surface area contributed by atoms with Gasteiger partial charge in [-0.2, -0.15) is 18.3 Å². The molecule has 1 aliphatic rings. The summed E-state index contributed by atoms with van der Waals surface area (Å²) in [6.45, 7) is 4.47. The molecule has 1 aromatic carbocycles. The molecular weight excluding hydrogens is 520 g/mol. The maximum atomic E-state index is 14.7. The Morgan fingerprint density at radius 3 is 2.54 bits per heavy atom. The van der Waals surface area contributed by atoms with E-state index in [1.807, 2.05) is 6.07 Å². The van der Waals surface area contributed by atoms with Gasteiger partial charge in [-0.05, 0) is 45.0 Å². The summed E-state index contributed by atoms with van der Waals surface area (Å²) in [7, 11) is 0. The molecule has 0 saturated carbocycles. The number of halogens is 4. The van der Waals surface area contributed by atoms with Gasteiger partial charge in [-0.15, -0.1) is 0 Å². The van der Waals surface area contributed by atoms with Gasteiger partial charge >= 0.3 is 6.18 Å². The minimum absolute atomic E-state index is 0.0372. The normalized spacial score (nSPS) is 14.3. The van der Waals surface area contributed by atoms with E-state index in [4.69, 9.17) is 4.52 Å². The van der Waals surface area contributed by atoms with E-state index in [1.54, 1.807) is 6.07 Å². The van der Waals surface area contributed by atoms with Gasteiger partial charge < -0.3 is 9.84 Å². The number of rotatable bonds is 8. The third-order valence-corrected chi connectivity index (χ3v) is 6.53. The van der Waals surface area contributed by atoms with Crippen molar-refractivity contribution in [3.8, 4) is 22.6 Å². The summed E-state index contributed by atoms with van der Waals surface area (Å²) in [6.07, 6.45) is -0.473. The lowest BCUT2D eigenvalue weighted by molar-refractivity contribution is -0.182. The van der Waals surface area contributed by atoms with E-state index in [1.165, 1.54) is 30.9 Å². The fraction of sp³-hybridized carbons (Fsp3) is 0.360. The standard InChI is InChI=1S/C25H24F4N8O2/c1-24(2,25(27,28)29)23-33-20(34-35-23)12-32-22(38)19-9-18(36-39-19)21-30-10-15(11-31-21)16-5-4-14(8-17(16)26)13-37-6-3-7-37/h4-5,8-11H,3,6-7,12-13H2,1-2H3,(H,32,38)(H,33,34,35). The van der Waals surface area contributed by atoms with Crippen molar-refractivity contribution in [2.75, 3.05) is 13.1 Å². The number of nitrogens with zero attached hydrogens (tertiary/aromatic N) is 6. The largest absolute Gasteiger partial charge is 0.401 e. The van der Waals surface area contributed by atoms with Gasteiger partial charge in [0.2, 0.25) is 5.76 Å². The monoisotopic (exact) mass is 544 g/mol. The highest BCUT2D eigenvalue weighted by Gasteiger charge is 2.51. The fourth-order valence-corrected chi connectivity index (χ4v) is 3.81. The predicted molar refractivity (Wildman–Crippen MR) is 129 cm³/mol. The van der Waals surface area contributed by atoms with Crippen LogP contribution in [-0.2, 0) is 18.5 Å². The predicted octanol–water partition coefficient (Wildman–Crippen LogP) is 4.03. The SMILES string of the molecule is CC(C)(c1n[nH]c(CNC(=O)c2cc(-c3ncc(-c4ccc(CN5CCC5)cc4F)cn3)no2)n1)C(F)(F)F. The molecule has 5 rings (SSSR count). The van der Waals surface area contributed by atoms with Gasteiger partial charge in [-0.25, -0.2) is 19.3 Å². The molecule has 4 heterocycles. The molecule has 3 aromatic heterocycles. The summed E-state index contributed by atoms with van der Waals surface area (Å²) < 4.78 is 59.3. The maximum Gasteiger partial charge on any atom is 0.401 e. The average Bonchev–Trinajstić information content (AvgIpc) is 3.55. The lowest BCUT2D eigenvalue weighted by atomic mass is 9.92. The highest BCUT2D eigenvalue weighted by atomic mass is 19.4. The Balaban J connectivity index is 1.21. The van der Waals surface area contributed by atoms with Crippen LogP contribution in [0.3, 0.4) is 0 Å². The van der Waals surface area contributed by atoms with Crippen LogP contribution in [0.1, 0.15) is 48.0 Å². The second kappa shape index (κ2) is 10.2. The van der Waals surface area contributed by atoms with E-state index in [2.05, 4.69) is 40.5 Å².